The maximum absolute atomic E-state index is 12.8. The lowest BCUT2D eigenvalue weighted by Crippen LogP contribution is -2.31. The second-order valence-electron chi connectivity index (χ2n) is 4.50. The number of nitrogens with one attached hydrogen (secondary N) is 1. The summed E-state index contributed by atoms with van der Waals surface area (Å²) in [7, 11) is 0. The fraction of sp³-hybridized carbons (Fsp3) is 0.538. The molecule has 94 valence electrons. The molecule has 0 amide bonds. The molecule has 1 unspecified atom stereocenters. The predicted molar refractivity (Wildman–Crippen MR) is 69.8 cm³/mol. The zero-order valence-corrected chi connectivity index (χ0v) is 11.5. The average Bonchev–Trinajstić information content (AvgIpc) is 3.10. The van der Waals surface area contributed by atoms with Gasteiger partial charge in [-0.25, -0.2) is 4.39 Å². The highest BCUT2D eigenvalue weighted by Gasteiger charge is 2.27. The van der Waals surface area contributed by atoms with Crippen molar-refractivity contribution in [3.8, 4) is 5.75 Å². The van der Waals surface area contributed by atoms with Gasteiger partial charge >= 0.3 is 0 Å². The first-order valence-corrected chi connectivity index (χ1v) is 6.77. The minimum absolute atomic E-state index is 0.260. The Labute approximate surface area is 110 Å². The van der Waals surface area contributed by atoms with Crippen molar-refractivity contribution in [3.63, 3.8) is 0 Å². The monoisotopic (exact) mass is 301 g/mol. The lowest BCUT2D eigenvalue weighted by Gasteiger charge is -2.13. The highest BCUT2D eigenvalue weighted by molar-refractivity contribution is 9.10. The smallest absolute Gasteiger partial charge is 0.133 e. The summed E-state index contributed by atoms with van der Waals surface area (Å²) >= 11 is 3.28. The zero-order chi connectivity index (χ0) is 12.3. The Balaban J connectivity index is 1.70. The van der Waals surface area contributed by atoms with Crippen LogP contribution in [0.3, 0.4) is 0 Å². The lowest BCUT2D eigenvalue weighted by molar-refractivity contribution is 0.301. The van der Waals surface area contributed by atoms with Gasteiger partial charge in [0.1, 0.15) is 18.2 Å². The molecule has 0 aromatic heterocycles. The quantitative estimate of drug-likeness (QED) is 0.814. The third kappa shape index (κ3) is 3.96. The second kappa shape index (κ2) is 5.83. The van der Waals surface area contributed by atoms with Gasteiger partial charge in [0.05, 0.1) is 4.47 Å². The SMILES string of the molecule is CC(NCCOc1ccc(F)cc1Br)C1CC1. The molecule has 0 bridgehead atoms. The molecule has 2 rings (SSSR count). The third-order valence-electron chi connectivity index (χ3n) is 3.05. The summed E-state index contributed by atoms with van der Waals surface area (Å²) in [5, 5.41) is 3.43. The van der Waals surface area contributed by atoms with E-state index in [1.165, 1.54) is 25.0 Å². The Morgan fingerprint density at radius 2 is 2.29 bits per heavy atom. The van der Waals surface area contributed by atoms with Crippen LogP contribution in [0.25, 0.3) is 0 Å². The van der Waals surface area contributed by atoms with Crippen LogP contribution in [-0.4, -0.2) is 19.2 Å². The van der Waals surface area contributed by atoms with Crippen molar-refractivity contribution < 1.29 is 9.13 Å². The largest absolute Gasteiger partial charge is 0.491 e. The summed E-state index contributed by atoms with van der Waals surface area (Å²) in [4.78, 5) is 0. The molecule has 1 aliphatic carbocycles. The summed E-state index contributed by atoms with van der Waals surface area (Å²) in [6, 6.07) is 5.04. The molecule has 1 fully saturated rings. The Morgan fingerprint density at radius 3 is 2.94 bits per heavy atom. The molecule has 0 saturated heterocycles. The number of rotatable bonds is 6. The summed E-state index contributed by atoms with van der Waals surface area (Å²) in [5.74, 6) is 1.28. The summed E-state index contributed by atoms with van der Waals surface area (Å²) in [5.41, 5.74) is 0. The Hall–Kier alpha value is -0.610. The fourth-order valence-corrected chi connectivity index (χ4v) is 2.27. The van der Waals surface area contributed by atoms with Crippen molar-refractivity contribution in [1.82, 2.24) is 5.32 Å². The molecule has 4 heteroatoms. The van der Waals surface area contributed by atoms with Gasteiger partial charge in [-0.15, -0.1) is 0 Å². The highest BCUT2D eigenvalue weighted by atomic mass is 79.9. The van der Waals surface area contributed by atoms with E-state index in [4.69, 9.17) is 4.74 Å². The maximum Gasteiger partial charge on any atom is 0.133 e. The minimum atomic E-state index is -0.260. The van der Waals surface area contributed by atoms with Crippen LogP contribution in [-0.2, 0) is 0 Å². The lowest BCUT2D eigenvalue weighted by atomic mass is 10.2. The van der Waals surface area contributed by atoms with Gasteiger partial charge < -0.3 is 10.1 Å². The molecule has 1 saturated carbocycles. The average molecular weight is 302 g/mol. The van der Waals surface area contributed by atoms with Crippen LogP contribution >= 0.6 is 15.9 Å². The van der Waals surface area contributed by atoms with Crippen LogP contribution in [0.2, 0.25) is 0 Å². The van der Waals surface area contributed by atoms with Crippen molar-refractivity contribution in [2.45, 2.75) is 25.8 Å². The number of halogens is 2. The maximum atomic E-state index is 12.8. The highest BCUT2D eigenvalue weighted by Crippen LogP contribution is 2.32. The van der Waals surface area contributed by atoms with E-state index in [0.29, 0.717) is 22.9 Å². The normalized spacial score (nSPS) is 16.9. The predicted octanol–water partition coefficient (Wildman–Crippen LogP) is 3.36. The number of benzene rings is 1. The van der Waals surface area contributed by atoms with Gasteiger partial charge in [-0.1, -0.05) is 0 Å². The molecule has 1 atom stereocenters. The number of ether oxygens (including phenoxy) is 1. The van der Waals surface area contributed by atoms with Crippen LogP contribution in [0.4, 0.5) is 4.39 Å². The van der Waals surface area contributed by atoms with Gasteiger partial charge in [0.15, 0.2) is 0 Å². The molecule has 17 heavy (non-hydrogen) atoms. The van der Waals surface area contributed by atoms with Crippen molar-refractivity contribution in [2.24, 2.45) is 5.92 Å². The first-order chi connectivity index (χ1) is 8.16. The summed E-state index contributed by atoms with van der Waals surface area (Å²) < 4.78 is 19.1. The van der Waals surface area contributed by atoms with Crippen molar-refractivity contribution >= 4 is 15.9 Å². The Morgan fingerprint density at radius 1 is 1.53 bits per heavy atom. The van der Waals surface area contributed by atoms with E-state index in [-0.39, 0.29) is 5.82 Å². The van der Waals surface area contributed by atoms with Gasteiger partial charge in [0.25, 0.3) is 0 Å². The van der Waals surface area contributed by atoms with Gasteiger partial charge in [-0.3, -0.25) is 0 Å². The fourth-order valence-electron chi connectivity index (χ4n) is 1.80. The van der Waals surface area contributed by atoms with E-state index in [2.05, 4.69) is 28.2 Å². The van der Waals surface area contributed by atoms with Crippen LogP contribution in [0.1, 0.15) is 19.8 Å². The molecule has 0 spiro atoms. The molecule has 1 N–H and O–H groups in total. The van der Waals surface area contributed by atoms with E-state index in [1.807, 2.05) is 0 Å². The molecule has 1 aromatic rings. The van der Waals surface area contributed by atoms with Crippen LogP contribution < -0.4 is 10.1 Å². The van der Waals surface area contributed by atoms with E-state index in [0.717, 1.165) is 12.5 Å². The standard InChI is InChI=1S/C13H17BrFNO/c1-9(10-2-3-10)16-6-7-17-13-5-4-11(15)8-12(13)14/h4-5,8-10,16H,2-3,6-7H2,1H3. The molecule has 1 aliphatic rings. The zero-order valence-electron chi connectivity index (χ0n) is 9.88. The number of hydrogen-bond acceptors (Lipinski definition) is 2. The molecule has 1 aromatic carbocycles. The van der Waals surface area contributed by atoms with E-state index in [1.54, 1.807) is 6.07 Å². The third-order valence-corrected chi connectivity index (χ3v) is 3.67. The van der Waals surface area contributed by atoms with Crippen molar-refractivity contribution in [2.75, 3.05) is 13.2 Å². The molecule has 0 aliphatic heterocycles. The Kier molecular flexibility index (Phi) is 4.40. The molecular weight excluding hydrogens is 285 g/mol. The van der Waals surface area contributed by atoms with E-state index < -0.39 is 0 Å². The minimum Gasteiger partial charge on any atom is -0.491 e. The molecular formula is C13H17BrFNO. The molecule has 2 nitrogen and oxygen atoms in total. The van der Waals surface area contributed by atoms with Crippen LogP contribution in [0.15, 0.2) is 22.7 Å². The van der Waals surface area contributed by atoms with Crippen LogP contribution in [0, 0.1) is 11.7 Å². The second-order valence-corrected chi connectivity index (χ2v) is 5.36. The summed E-state index contributed by atoms with van der Waals surface area (Å²) in [6.45, 7) is 3.63. The number of hydrogen-bond donors (Lipinski definition) is 1. The Bertz CT molecular complexity index is 382. The first-order valence-electron chi connectivity index (χ1n) is 5.98. The summed E-state index contributed by atoms with van der Waals surface area (Å²) in [6.07, 6.45) is 2.69. The van der Waals surface area contributed by atoms with Gasteiger partial charge in [-0.05, 0) is 59.8 Å². The van der Waals surface area contributed by atoms with Crippen molar-refractivity contribution in [1.29, 1.82) is 0 Å². The van der Waals surface area contributed by atoms with E-state index >= 15 is 0 Å². The first kappa shape index (κ1) is 12.8. The molecule has 0 radical (unpaired) electrons. The van der Waals surface area contributed by atoms with Crippen LogP contribution in [0.5, 0.6) is 5.75 Å². The topological polar surface area (TPSA) is 21.3 Å². The molecule has 0 heterocycles. The van der Waals surface area contributed by atoms with Gasteiger partial charge in [0.2, 0.25) is 0 Å². The van der Waals surface area contributed by atoms with Crippen molar-refractivity contribution in [3.05, 3.63) is 28.5 Å². The van der Waals surface area contributed by atoms with E-state index in [9.17, 15) is 4.39 Å². The van der Waals surface area contributed by atoms with Gasteiger partial charge in [-0.2, -0.15) is 0 Å². The van der Waals surface area contributed by atoms with Gasteiger partial charge in [0, 0.05) is 12.6 Å².